The largest absolute Gasteiger partial charge is 0.314 e. The first-order valence-corrected chi connectivity index (χ1v) is 9.82. The molecule has 4 aliphatic carbocycles. The topological polar surface area (TPSA) is 72.2 Å². The minimum Gasteiger partial charge on any atom is -0.314 e. The highest BCUT2D eigenvalue weighted by Crippen LogP contribution is 2.61. The molecule has 0 aliphatic heterocycles. The van der Waals surface area contributed by atoms with Gasteiger partial charge in [-0.3, -0.25) is 0 Å². The molecule has 0 amide bonds. The van der Waals surface area contributed by atoms with Gasteiger partial charge in [0.05, 0.1) is 5.75 Å². The van der Waals surface area contributed by atoms with Crippen LogP contribution in [0, 0.1) is 23.2 Å². The van der Waals surface area contributed by atoms with Crippen LogP contribution in [-0.2, 0) is 10.0 Å². The van der Waals surface area contributed by atoms with Crippen molar-refractivity contribution in [2.75, 3.05) is 12.3 Å². The summed E-state index contributed by atoms with van der Waals surface area (Å²) >= 11 is 0. The van der Waals surface area contributed by atoms with Crippen molar-refractivity contribution in [1.29, 1.82) is 0 Å². The fourth-order valence-corrected chi connectivity index (χ4v) is 6.06. The first-order valence-electron chi connectivity index (χ1n) is 8.10. The number of hydrogen-bond acceptors (Lipinski definition) is 3. The first-order chi connectivity index (χ1) is 9.36. The van der Waals surface area contributed by atoms with Crippen molar-refractivity contribution in [3.8, 4) is 0 Å². The molecule has 1 unspecified atom stereocenters. The zero-order valence-corrected chi connectivity index (χ0v) is 13.3. The van der Waals surface area contributed by atoms with Gasteiger partial charge in [-0.2, -0.15) is 0 Å². The van der Waals surface area contributed by atoms with E-state index in [2.05, 4.69) is 12.2 Å². The number of nitrogens with one attached hydrogen (secondary N) is 1. The number of hydrogen-bond donors (Lipinski definition) is 2. The summed E-state index contributed by atoms with van der Waals surface area (Å²) in [6, 6.07) is 0.511. The van der Waals surface area contributed by atoms with Gasteiger partial charge in [-0.25, -0.2) is 13.6 Å². The molecule has 4 rings (SSSR count). The predicted molar refractivity (Wildman–Crippen MR) is 80.7 cm³/mol. The number of primary sulfonamides is 1. The average Bonchev–Trinajstić information content (AvgIpc) is 2.31. The van der Waals surface area contributed by atoms with E-state index in [0.29, 0.717) is 17.9 Å². The molecule has 5 heteroatoms. The van der Waals surface area contributed by atoms with Gasteiger partial charge in [0.2, 0.25) is 10.0 Å². The first kappa shape index (κ1) is 14.8. The van der Waals surface area contributed by atoms with Crippen molar-refractivity contribution >= 4 is 10.0 Å². The fraction of sp³-hybridized carbons (Fsp3) is 1.00. The molecule has 0 spiro atoms. The van der Waals surface area contributed by atoms with Crippen molar-refractivity contribution in [2.24, 2.45) is 28.3 Å². The van der Waals surface area contributed by atoms with Crippen LogP contribution in [0.25, 0.3) is 0 Å². The standard InChI is InChI=1S/C15H28N2O2S/c1-11(17-3-2-4-20(16,18)19)15-8-12-5-13(9-15)7-14(6-12)10-15/h11-14,17H,2-10H2,1H3,(H2,16,18,19). The van der Waals surface area contributed by atoms with Crippen LogP contribution in [0.5, 0.6) is 0 Å². The minimum absolute atomic E-state index is 0.0909. The Bertz CT molecular complexity index is 425. The maximum atomic E-state index is 10.9. The zero-order chi connectivity index (χ0) is 14.4. The van der Waals surface area contributed by atoms with Gasteiger partial charge < -0.3 is 5.32 Å². The molecule has 20 heavy (non-hydrogen) atoms. The van der Waals surface area contributed by atoms with Gasteiger partial charge in [-0.15, -0.1) is 0 Å². The van der Waals surface area contributed by atoms with Crippen molar-refractivity contribution in [1.82, 2.24) is 5.32 Å². The summed E-state index contributed by atoms with van der Waals surface area (Å²) in [5.74, 6) is 2.99. The third-order valence-electron chi connectivity index (χ3n) is 6.06. The van der Waals surface area contributed by atoms with E-state index in [4.69, 9.17) is 5.14 Å². The van der Waals surface area contributed by atoms with Gasteiger partial charge >= 0.3 is 0 Å². The quantitative estimate of drug-likeness (QED) is 0.735. The van der Waals surface area contributed by atoms with Gasteiger partial charge in [-0.1, -0.05) is 0 Å². The molecule has 4 saturated carbocycles. The highest BCUT2D eigenvalue weighted by Gasteiger charge is 2.52. The summed E-state index contributed by atoms with van der Waals surface area (Å²) in [4.78, 5) is 0. The molecular weight excluding hydrogens is 272 g/mol. The summed E-state index contributed by atoms with van der Waals surface area (Å²) in [5, 5.41) is 8.64. The molecule has 0 radical (unpaired) electrons. The lowest BCUT2D eigenvalue weighted by Crippen LogP contribution is -2.55. The summed E-state index contributed by atoms with van der Waals surface area (Å²) in [6.07, 6.45) is 9.20. The molecule has 4 bridgehead atoms. The number of sulfonamides is 1. The maximum absolute atomic E-state index is 10.9. The molecule has 0 heterocycles. The van der Waals surface area contributed by atoms with Gasteiger partial charge in [0.25, 0.3) is 0 Å². The molecule has 4 aliphatic rings. The van der Waals surface area contributed by atoms with Crippen molar-refractivity contribution < 1.29 is 8.42 Å². The van der Waals surface area contributed by atoms with E-state index in [1.54, 1.807) is 0 Å². The molecule has 116 valence electrons. The minimum atomic E-state index is -3.31. The molecule has 4 fully saturated rings. The molecule has 0 aromatic rings. The van der Waals surface area contributed by atoms with Crippen LogP contribution in [0.3, 0.4) is 0 Å². The van der Waals surface area contributed by atoms with Crippen LogP contribution in [0.4, 0.5) is 0 Å². The van der Waals surface area contributed by atoms with Crippen molar-refractivity contribution in [2.45, 2.75) is 57.9 Å². The second kappa shape index (κ2) is 5.25. The summed E-state index contributed by atoms with van der Waals surface area (Å²) in [5.41, 5.74) is 0.496. The van der Waals surface area contributed by atoms with E-state index in [9.17, 15) is 8.42 Å². The second-order valence-electron chi connectivity index (χ2n) is 7.68. The molecule has 1 atom stereocenters. The molecule has 3 N–H and O–H groups in total. The second-order valence-corrected chi connectivity index (χ2v) is 9.41. The molecule has 4 nitrogen and oxygen atoms in total. The number of nitrogens with two attached hydrogens (primary N) is 1. The zero-order valence-electron chi connectivity index (χ0n) is 12.5. The Labute approximate surface area is 122 Å². The monoisotopic (exact) mass is 300 g/mol. The molecule has 0 aromatic carbocycles. The van der Waals surface area contributed by atoms with Crippen LogP contribution in [0.1, 0.15) is 51.9 Å². The van der Waals surface area contributed by atoms with Crippen LogP contribution >= 0.6 is 0 Å². The lowest BCUT2D eigenvalue weighted by molar-refractivity contribution is -0.0702. The van der Waals surface area contributed by atoms with Crippen molar-refractivity contribution in [3.63, 3.8) is 0 Å². The van der Waals surface area contributed by atoms with E-state index >= 15 is 0 Å². The summed E-state index contributed by atoms with van der Waals surface area (Å²) in [7, 11) is -3.31. The van der Waals surface area contributed by atoms with E-state index < -0.39 is 10.0 Å². The summed E-state index contributed by atoms with van der Waals surface area (Å²) < 4.78 is 21.9. The molecule has 0 saturated heterocycles. The number of rotatable bonds is 6. The third kappa shape index (κ3) is 3.04. The Morgan fingerprint density at radius 2 is 1.65 bits per heavy atom. The Hall–Kier alpha value is -0.130. The van der Waals surface area contributed by atoms with Crippen LogP contribution in [-0.4, -0.2) is 26.8 Å². The van der Waals surface area contributed by atoms with Gasteiger partial charge in [0, 0.05) is 6.04 Å². The van der Waals surface area contributed by atoms with E-state index in [-0.39, 0.29) is 5.75 Å². The predicted octanol–water partition coefficient (Wildman–Crippen LogP) is 1.86. The fourth-order valence-electron chi connectivity index (χ4n) is 5.52. The highest BCUT2D eigenvalue weighted by molar-refractivity contribution is 7.89. The van der Waals surface area contributed by atoms with Gasteiger partial charge in [-0.05, 0) is 81.6 Å². The van der Waals surface area contributed by atoms with Crippen molar-refractivity contribution in [3.05, 3.63) is 0 Å². The highest BCUT2D eigenvalue weighted by atomic mass is 32.2. The smallest absolute Gasteiger partial charge is 0.209 e. The van der Waals surface area contributed by atoms with E-state index in [1.165, 1.54) is 38.5 Å². The Morgan fingerprint density at radius 1 is 1.15 bits per heavy atom. The third-order valence-corrected chi connectivity index (χ3v) is 6.92. The Kier molecular flexibility index (Phi) is 3.89. The van der Waals surface area contributed by atoms with Gasteiger partial charge in [0.15, 0.2) is 0 Å². The van der Waals surface area contributed by atoms with E-state index in [0.717, 1.165) is 24.3 Å². The maximum Gasteiger partial charge on any atom is 0.209 e. The lowest BCUT2D eigenvalue weighted by atomic mass is 9.48. The average molecular weight is 300 g/mol. The van der Waals surface area contributed by atoms with E-state index in [1.807, 2.05) is 0 Å². The Balaban J connectivity index is 1.53. The van der Waals surface area contributed by atoms with Crippen LogP contribution < -0.4 is 10.5 Å². The SMILES string of the molecule is CC(NCCCS(N)(=O)=O)C12CC3CC(CC(C3)C1)C2. The van der Waals surface area contributed by atoms with Gasteiger partial charge in [0.1, 0.15) is 0 Å². The summed E-state index contributed by atoms with van der Waals surface area (Å²) in [6.45, 7) is 3.07. The van der Waals surface area contributed by atoms with Crippen LogP contribution in [0.15, 0.2) is 0 Å². The normalized spacial score (nSPS) is 41.0. The molecule has 0 aromatic heterocycles. The Morgan fingerprint density at radius 3 is 2.10 bits per heavy atom. The lowest BCUT2D eigenvalue weighted by Gasteiger charge is -2.59. The molecular formula is C15H28N2O2S. The van der Waals surface area contributed by atoms with Crippen LogP contribution in [0.2, 0.25) is 0 Å².